The Balaban J connectivity index is 2.81. The summed E-state index contributed by atoms with van der Waals surface area (Å²) in [5.41, 5.74) is 0. The van der Waals surface area contributed by atoms with Crippen molar-refractivity contribution < 1.29 is 8.42 Å². The van der Waals surface area contributed by atoms with E-state index in [4.69, 9.17) is 0 Å². The lowest BCUT2D eigenvalue weighted by atomic mass is 10.6. The molecule has 0 fully saturated rings. The highest BCUT2D eigenvalue weighted by Crippen LogP contribution is 2.02. The van der Waals surface area contributed by atoms with Crippen LogP contribution >= 0.6 is 0 Å². The summed E-state index contributed by atoms with van der Waals surface area (Å²) < 4.78 is 25.1. The summed E-state index contributed by atoms with van der Waals surface area (Å²) in [7, 11) is -3.35. The Morgan fingerprint density at radius 1 is 1.50 bits per heavy atom. The van der Waals surface area contributed by atoms with Crippen molar-refractivity contribution in [3.63, 3.8) is 0 Å². The van der Waals surface area contributed by atoms with Crippen molar-refractivity contribution in [1.82, 2.24) is 4.72 Å². The number of aliphatic imine (C=N–C) groups is 2. The van der Waals surface area contributed by atoms with Gasteiger partial charge in [0.15, 0.2) is 5.82 Å². The molecule has 0 saturated heterocycles. The number of nitrogens with zero attached hydrogens (tertiary/aromatic N) is 2. The van der Waals surface area contributed by atoms with E-state index in [2.05, 4.69) is 20.6 Å². The summed E-state index contributed by atoms with van der Waals surface area (Å²) in [5, 5.41) is -0.501. The average Bonchev–Trinajstić information content (AvgIpc) is 2.32. The largest absolute Gasteiger partial charge is 0.266 e. The second-order valence-electron chi connectivity index (χ2n) is 2.91. The Hall–Kier alpha value is -1.39. The maximum absolute atomic E-state index is 11.4. The number of allylic oxidation sites excluding steroid dienone is 1. The van der Waals surface area contributed by atoms with Gasteiger partial charge in [0.1, 0.15) is 0 Å². The molecule has 1 rings (SSSR count). The Morgan fingerprint density at radius 3 is 2.86 bits per heavy atom. The van der Waals surface area contributed by atoms with Gasteiger partial charge in [0.25, 0.3) is 0 Å². The molecule has 0 unspecified atom stereocenters. The molecule has 76 valence electrons. The highest BCUT2D eigenvalue weighted by Gasteiger charge is 2.16. The predicted octanol–water partition coefficient (Wildman–Crippen LogP) is 0.423. The van der Waals surface area contributed by atoms with Crippen LogP contribution in [0.5, 0.6) is 0 Å². The third-order valence-electron chi connectivity index (χ3n) is 1.49. The average molecular weight is 213 g/mol. The van der Waals surface area contributed by atoms with Crippen LogP contribution in [0.1, 0.15) is 13.8 Å². The first kappa shape index (κ1) is 10.7. The quantitative estimate of drug-likeness (QED) is 0.738. The molecule has 0 aliphatic carbocycles. The lowest BCUT2D eigenvalue weighted by Crippen LogP contribution is -2.29. The number of rotatable bonds is 3. The molecule has 0 aromatic rings. The van der Waals surface area contributed by atoms with Crippen LogP contribution in [-0.4, -0.2) is 25.8 Å². The first-order valence-electron chi connectivity index (χ1n) is 4.05. The second-order valence-corrected chi connectivity index (χ2v) is 5.15. The molecule has 1 heterocycles. The van der Waals surface area contributed by atoms with E-state index in [1.54, 1.807) is 13.8 Å². The van der Waals surface area contributed by atoms with Gasteiger partial charge in [-0.2, -0.15) is 0 Å². The van der Waals surface area contributed by atoms with Crippen molar-refractivity contribution in [2.24, 2.45) is 9.98 Å². The molecule has 0 atom stereocenters. The first-order valence-corrected chi connectivity index (χ1v) is 5.60. The molecule has 1 aliphatic rings. The summed E-state index contributed by atoms with van der Waals surface area (Å²) in [6, 6.07) is 0. The van der Waals surface area contributed by atoms with Crippen LogP contribution in [0.2, 0.25) is 0 Å². The van der Waals surface area contributed by atoms with Crippen LogP contribution in [-0.2, 0) is 10.0 Å². The van der Waals surface area contributed by atoms with E-state index in [1.165, 1.54) is 18.5 Å². The van der Waals surface area contributed by atoms with Crippen LogP contribution in [0.3, 0.4) is 0 Å². The van der Waals surface area contributed by atoms with Gasteiger partial charge in [-0.3, -0.25) is 4.72 Å². The standard InChI is InChI=1S/C8H11N3O2S/c1-7(2)14(12,13)11-8-6-9-4-3-5-10-8/h3,5-7,11H,1-2H3. The highest BCUT2D eigenvalue weighted by atomic mass is 32.2. The van der Waals surface area contributed by atoms with Gasteiger partial charge in [0, 0.05) is 12.3 Å². The lowest BCUT2D eigenvalue weighted by molar-refractivity contribution is 0.579. The van der Waals surface area contributed by atoms with Gasteiger partial charge in [-0.25, -0.2) is 18.4 Å². The minimum absolute atomic E-state index is 0.194. The molecule has 0 amide bonds. The van der Waals surface area contributed by atoms with Crippen molar-refractivity contribution in [1.29, 1.82) is 0 Å². The Bertz CT molecular complexity index is 426. The van der Waals surface area contributed by atoms with E-state index in [9.17, 15) is 8.42 Å². The molecule has 0 radical (unpaired) electrons. The molecule has 0 bridgehead atoms. The zero-order chi connectivity index (χ0) is 10.6. The van der Waals surface area contributed by atoms with Gasteiger partial charge in [0.2, 0.25) is 10.0 Å². The van der Waals surface area contributed by atoms with Gasteiger partial charge < -0.3 is 0 Å². The SMILES string of the molecule is CC(C)S(=O)(=O)NC1=CN=C=CC=N1. The summed E-state index contributed by atoms with van der Waals surface area (Å²) in [6.07, 6.45) is 4.22. The lowest BCUT2D eigenvalue weighted by Gasteiger charge is -2.09. The molecule has 1 N–H and O–H groups in total. The molecule has 6 heteroatoms. The summed E-state index contributed by atoms with van der Waals surface area (Å²) >= 11 is 0. The zero-order valence-electron chi connectivity index (χ0n) is 7.93. The van der Waals surface area contributed by atoms with Crippen molar-refractivity contribution in [2.75, 3.05) is 0 Å². The van der Waals surface area contributed by atoms with Crippen LogP contribution in [0, 0.1) is 0 Å². The number of hydrogen-bond donors (Lipinski definition) is 1. The number of sulfonamides is 1. The minimum Gasteiger partial charge on any atom is -0.266 e. The third-order valence-corrected chi connectivity index (χ3v) is 3.23. The Labute approximate surface area is 83.0 Å². The van der Waals surface area contributed by atoms with Crippen LogP contribution in [0.25, 0.3) is 0 Å². The maximum Gasteiger partial charge on any atom is 0.236 e. The van der Waals surface area contributed by atoms with Gasteiger partial charge in [0.05, 0.1) is 11.4 Å². The van der Waals surface area contributed by atoms with E-state index < -0.39 is 15.3 Å². The van der Waals surface area contributed by atoms with Crippen LogP contribution < -0.4 is 4.72 Å². The van der Waals surface area contributed by atoms with Crippen molar-refractivity contribution in [2.45, 2.75) is 19.1 Å². The van der Waals surface area contributed by atoms with Gasteiger partial charge in [-0.15, -0.1) is 0 Å². The van der Waals surface area contributed by atoms with Crippen LogP contribution in [0.15, 0.2) is 28.1 Å². The maximum atomic E-state index is 11.4. The molecule has 5 nitrogen and oxygen atoms in total. The van der Waals surface area contributed by atoms with Crippen molar-refractivity contribution in [3.8, 4) is 0 Å². The van der Waals surface area contributed by atoms with Crippen LogP contribution in [0.4, 0.5) is 0 Å². The summed E-state index contributed by atoms with van der Waals surface area (Å²) in [4.78, 5) is 7.50. The Morgan fingerprint density at radius 2 is 2.21 bits per heavy atom. The number of nitrogens with one attached hydrogen (secondary N) is 1. The van der Waals surface area contributed by atoms with E-state index in [1.807, 2.05) is 0 Å². The smallest absolute Gasteiger partial charge is 0.236 e. The minimum atomic E-state index is -3.35. The fourth-order valence-corrected chi connectivity index (χ4v) is 1.27. The molecular weight excluding hydrogens is 202 g/mol. The molecule has 0 aromatic carbocycles. The molecule has 1 aliphatic heterocycles. The first-order chi connectivity index (χ1) is 6.52. The van der Waals surface area contributed by atoms with Crippen molar-refractivity contribution >= 4 is 22.1 Å². The monoisotopic (exact) mass is 213 g/mol. The van der Waals surface area contributed by atoms with E-state index in [0.717, 1.165) is 0 Å². The summed E-state index contributed by atoms with van der Waals surface area (Å²) in [5.74, 6) is 2.73. The molecule has 0 aromatic heterocycles. The van der Waals surface area contributed by atoms with E-state index >= 15 is 0 Å². The highest BCUT2D eigenvalue weighted by molar-refractivity contribution is 7.90. The van der Waals surface area contributed by atoms with Gasteiger partial charge in [-0.1, -0.05) is 0 Å². The zero-order valence-corrected chi connectivity index (χ0v) is 8.75. The normalized spacial score (nSPS) is 15.5. The van der Waals surface area contributed by atoms with Gasteiger partial charge >= 0.3 is 0 Å². The van der Waals surface area contributed by atoms with E-state index in [-0.39, 0.29) is 5.82 Å². The number of hydrogen-bond acceptors (Lipinski definition) is 4. The van der Waals surface area contributed by atoms with Crippen molar-refractivity contribution in [3.05, 3.63) is 18.1 Å². The molecule has 0 spiro atoms. The topological polar surface area (TPSA) is 70.9 Å². The third kappa shape index (κ3) is 2.83. The summed E-state index contributed by atoms with van der Waals surface area (Å²) in [6.45, 7) is 3.18. The Kier molecular flexibility index (Phi) is 3.22. The second kappa shape index (κ2) is 4.21. The molecular formula is C8H11N3O2S. The fraction of sp³-hybridized carbons (Fsp3) is 0.375. The van der Waals surface area contributed by atoms with Gasteiger partial charge in [-0.05, 0) is 19.7 Å². The molecule has 0 saturated carbocycles. The predicted molar refractivity (Wildman–Crippen MR) is 55.8 cm³/mol. The fourth-order valence-electron chi connectivity index (χ4n) is 0.642. The molecule has 14 heavy (non-hydrogen) atoms. The van der Waals surface area contributed by atoms with E-state index in [0.29, 0.717) is 0 Å².